The Morgan fingerprint density at radius 3 is 2.69 bits per heavy atom. The Bertz CT molecular complexity index is 1200. The van der Waals surface area contributed by atoms with E-state index in [1.807, 2.05) is 0 Å². The molecule has 5 rings (SSSR count). The molecule has 0 saturated carbocycles. The highest BCUT2D eigenvalue weighted by Crippen LogP contribution is 2.40. The highest BCUT2D eigenvalue weighted by atomic mass is 19.4. The first-order chi connectivity index (χ1) is 13.9. The zero-order valence-corrected chi connectivity index (χ0v) is 14.7. The molecule has 0 radical (unpaired) electrons. The van der Waals surface area contributed by atoms with Gasteiger partial charge in [0.1, 0.15) is 11.5 Å². The summed E-state index contributed by atoms with van der Waals surface area (Å²) in [4.78, 5) is 4.21. The molecule has 1 aliphatic heterocycles. The van der Waals surface area contributed by atoms with Gasteiger partial charge in [-0.2, -0.15) is 23.4 Å². The lowest BCUT2D eigenvalue weighted by molar-refractivity contribution is -0.234. The molecule has 0 bridgehead atoms. The predicted molar refractivity (Wildman–Crippen MR) is 95.1 cm³/mol. The van der Waals surface area contributed by atoms with Crippen molar-refractivity contribution >= 4 is 11.0 Å². The first-order valence-electron chi connectivity index (χ1n) is 8.74. The van der Waals surface area contributed by atoms with Crippen molar-refractivity contribution < 1.29 is 22.3 Å². The summed E-state index contributed by atoms with van der Waals surface area (Å²) in [6.45, 7) is -0.706. The number of halogens is 4. The minimum Gasteiger partial charge on any atom is -0.360 e. The van der Waals surface area contributed by atoms with E-state index < -0.39 is 24.6 Å². The van der Waals surface area contributed by atoms with E-state index >= 15 is 0 Å². The standard InChI is InChI=1S/C19H13F4N5O/c20-11-3-1-10(2-4-11)17-16(12-5-6-24-18-13(12)7-25-26-18)14-9-29-15(19(21,22)23)8-28(14)27-17/h1-7,15H,8-9H2,(H,24,25,26). The number of alkyl halides is 3. The number of aromatic nitrogens is 5. The largest absolute Gasteiger partial charge is 0.416 e. The Morgan fingerprint density at radius 2 is 1.93 bits per heavy atom. The van der Waals surface area contributed by atoms with E-state index in [-0.39, 0.29) is 6.61 Å². The number of aromatic amines is 1. The van der Waals surface area contributed by atoms with Crippen molar-refractivity contribution in [1.82, 2.24) is 25.0 Å². The van der Waals surface area contributed by atoms with E-state index in [9.17, 15) is 17.6 Å². The topological polar surface area (TPSA) is 68.6 Å². The Kier molecular flexibility index (Phi) is 3.91. The number of rotatable bonds is 2. The first kappa shape index (κ1) is 17.8. The molecule has 4 heterocycles. The van der Waals surface area contributed by atoms with E-state index in [0.717, 1.165) is 0 Å². The second-order valence-corrected chi connectivity index (χ2v) is 6.69. The zero-order valence-electron chi connectivity index (χ0n) is 14.7. The van der Waals surface area contributed by atoms with E-state index in [0.29, 0.717) is 39.1 Å². The van der Waals surface area contributed by atoms with Crippen molar-refractivity contribution in [3.05, 3.63) is 54.2 Å². The van der Waals surface area contributed by atoms with E-state index in [2.05, 4.69) is 20.3 Å². The number of benzene rings is 1. The van der Waals surface area contributed by atoms with Crippen molar-refractivity contribution in [2.75, 3.05) is 0 Å². The molecule has 6 nitrogen and oxygen atoms in total. The third-order valence-corrected chi connectivity index (χ3v) is 4.92. The number of fused-ring (bicyclic) bond motifs is 2. The Hall–Kier alpha value is -3.27. The third-order valence-electron chi connectivity index (χ3n) is 4.92. The number of ether oxygens (including phenoxy) is 1. The summed E-state index contributed by atoms with van der Waals surface area (Å²) in [5.41, 5.74) is 3.40. The smallest absolute Gasteiger partial charge is 0.360 e. The SMILES string of the molecule is Fc1ccc(-c2nn3c(c2-c2ccnc4[nH]ncc24)COC(C(F)(F)F)C3)cc1. The molecular weight excluding hydrogens is 390 g/mol. The molecule has 148 valence electrons. The van der Waals surface area contributed by atoms with Crippen LogP contribution in [0.15, 0.2) is 42.7 Å². The molecule has 29 heavy (non-hydrogen) atoms. The second-order valence-electron chi connectivity index (χ2n) is 6.69. The summed E-state index contributed by atoms with van der Waals surface area (Å²) in [5, 5.41) is 11.9. The van der Waals surface area contributed by atoms with E-state index in [1.54, 1.807) is 30.6 Å². The van der Waals surface area contributed by atoms with Crippen molar-refractivity contribution in [2.45, 2.75) is 25.4 Å². The van der Waals surface area contributed by atoms with Gasteiger partial charge in [0.05, 0.1) is 25.0 Å². The summed E-state index contributed by atoms with van der Waals surface area (Å²) in [6.07, 6.45) is -3.25. The average molecular weight is 403 g/mol. The highest BCUT2D eigenvalue weighted by Gasteiger charge is 2.44. The number of pyridine rings is 1. The molecule has 1 atom stereocenters. The Morgan fingerprint density at radius 1 is 1.14 bits per heavy atom. The highest BCUT2D eigenvalue weighted by molar-refractivity contribution is 5.97. The van der Waals surface area contributed by atoms with Gasteiger partial charge >= 0.3 is 6.18 Å². The molecular formula is C19H13F4N5O. The van der Waals surface area contributed by atoms with Crippen LogP contribution in [-0.4, -0.2) is 37.2 Å². The van der Waals surface area contributed by atoms with Crippen LogP contribution in [0, 0.1) is 5.82 Å². The first-order valence-corrected chi connectivity index (χ1v) is 8.74. The fourth-order valence-electron chi connectivity index (χ4n) is 3.54. The Balaban J connectivity index is 1.74. The molecule has 1 aliphatic rings. The van der Waals surface area contributed by atoms with Crippen molar-refractivity contribution in [3.63, 3.8) is 0 Å². The molecule has 1 aromatic carbocycles. The van der Waals surface area contributed by atoms with Crippen LogP contribution in [-0.2, 0) is 17.9 Å². The summed E-state index contributed by atoms with van der Waals surface area (Å²) < 4.78 is 59.4. The number of nitrogens with zero attached hydrogens (tertiary/aromatic N) is 4. The molecule has 10 heteroatoms. The summed E-state index contributed by atoms with van der Waals surface area (Å²) >= 11 is 0. The molecule has 4 aromatic rings. The monoisotopic (exact) mass is 403 g/mol. The van der Waals surface area contributed by atoms with Gasteiger partial charge in [-0.15, -0.1) is 0 Å². The molecule has 0 amide bonds. The Labute approximate surface area is 161 Å². The predicted octanol–water partition coefficient (Wildman–Crippen LogP) is 4.09. The van der Waals surface area contributed by atoms with Crippen molar-refractivity contribution in [1.29, 1.82) is 0 Å². The number of hydrogen-bond donors (Lipinski definition) is 1. The van der Waals surface area contributed by atoms with Crippen LogP contribution < -0.4 is 0 Å². The maximum Gasteiger partial charge on any atom is 0.416 e. The van der Waals surface area contributed by atoms with Crippen LogP contribution in [0.5, 0.6) is 0 Å². The second kappa shape index (κ2) is 6.38. The molecule has 1 unspecified atom stereocenters. The maximum atomic E-state index is 13.4. The molecule has 1 N–H and O–H groups in total. The summed E-state index contributed by atoms with van der Waals surface area (Å²) in [5.74, 6) is -0.416. The van der Waals surface area contributed by atoms with Crippen molar-refractivity contribution in [2.24, 2.45) is 0 Å². The van der Waals surface area contributed by atoms with Crippen LogP contribution in [0.25, 0.3) is 33.4 Å². The van der Waals surface area contributed by atoms with Gasteiger partial charge in [-0.05, 0) is 35.9 Å². The van der Waals surface area contributed by atoms with Gasteiger partial charge in [-0.3, -0.25) is 9.78 Å². The number of H-pyrrole nitrogens is 1. The normalized spacial score (nSPS) is 16.9. The molecule has 3 aromatic heterocycles. The molecule has 0 aliphatic carbocycles. The van der Waals surface area contributed by atoms with Gasteiger partial charge in [0.25, 0.3) is 0 Å². The fraction of sp³-hybridized carbons (Fsp3) is 0.211. The van der Waals surface area contributed by atoms with Crippen molar-refractivity contribution in [3.8, 4) is 22.4 Å². The van der Waals surface area contributed by atoms with Gasteiger partial charge < -0.3 is 4.74 Å². The molecule has 0 saturated heterocycles. The quantitative estimate of drug-likeness (QED) is 0.512. The zero-order chi connectivity index (χ0) is 20.2. The van der Waals surface area contributed by atoms with Gasteiger partial charge in [0.2, 0.25) is 0 Å². The fourth-order valence-corrected chi connectivity index (χ4v) is 3.54. The average Bonchev–Trinajstić information content (AvgIpc) is 3.31. The van der Waals surface area contributed by atoms with Crippen LogP contribution in [0.1, 0.15) is 5.69 Å². The lowest BCUT2D eigenvalue weighted by atomic mass is 9.97. The maximum absolute atomic E-state index is 13.4. The van der Waals surface area contributed by atoms with Crippen LogP contribution >= 0.6 is 0 Å². The summed E-state index contributed by atoms with van der Waals surface area (Å²) in [7, 11) is 0. The van der Waals surface area contributed by atoms with Gasteiger partial charge in [-0.25, -0.2) is 9.37 Å². The number of hydrogen-bond acceptors (Lipinski definition) is 4. The summed E-state index contributed by atoms with van der Waals surface area (Å²) in [6, 6.07) is 7.41. The minimum absolute atomic E-state index is 0.255. The van der Waals surface area contributed by atoms with Gasteiger partial charge in [0.15, 0.2) is 11.8 Å². The van der Waals surface area contributed by atoms with E-state index in [4.69, 9.17) is 4.74 Å². The minimum atomic E-state index is -4.49. The lowest BCUT2D eigenvalue weighted by Gasteiger charge is -2.26. The third kappa shape index (κ3) is 2.96. The van der Waals surface area contributed by atoms with Crippen LogP contribution in [0.2, 0.25) is 0 Å². The van der Waals surface area contributed by atoms with Gasteiger partial charge in [0, 0.05) is 22.7 Å². The van der Waals surface area contributed by atoms with Crippen LogP contribution in [0.3, 0.4) is 0 Å². The van der Waals surface area contributed by atoms with Crippen LogP contribution in [0.4, 0.5) is 17.6 Å². The number of nitrogens with one attached hydrogen (secondary N) is 1. The lowest BCUT2D eigenvalue weighted by Crippen LogP contribution is -2.39. The van der Waals surface area contributed by atoms with E-state index in [1.165, 1.54) is 16.8 Å². The molecule has 0 fully saturated rings. The molecule has 0 spiro atoms. The van der Waals surface area contributed by atoms with Gasteiger partial charge in [-0.1, -0.05) is 0 Å².